The van der Waals surface area contributed by atoms with E-state index in [0.29, 0.717) is 5.02 Å². The van der Waals surface area contributed by atoms with E-state index >= 15 is 0 Å². The molecule has 1 N–H and O–H groups in total. The number of benzene rings is 5. The largest absolute Gasteiger partial charge is 0.354 e. The molecule has 1 aliphatic heterocycles. The first-order valence-electron chi connectivity index (χ1n) is 11.4. The van der Waals surface area contributed by atoms with Crippen molar-refractivity contribution in [1.29, 1.82) is 0 Å². The highest BCUT2D eigenvalue weighted by atomic mass is 35.5. The maximum atomic E-state index is 6.11. The normalized spacial score (nSPS) is 11.7. The molecule has 0 aromatic heterocycles. The van der Waals surface area contributed by atoms with E-state index in [4.69, 9.17) is 21.6 Å². The zero-order valence-corrected chi connectivity index (χ0v) is 19.5. The molecule has 0 saturated carbocycles. The number of hydrogen-bond donors (Lipinski definition) is 1. The van der Waals surface area contributed by atoms with Crippen LogP contribution in [0, 0.1) is 0 Å². The molecule has 5 heteroatoms. The van der Waals surface area contributed by atoms with Crippen LogP contribution in [-0.4, -0.2) is 9.55 Å². The zero-order valence-electron chi connectivity index (χ0n) is 18.8. The number of hydrogen-bond acceptors (Lipinski definition) is 3. The number of anilines is 2. The number of nitrogens with zero attached hydrogens (tertiary/aromatic N) is 3. The summed E-state index contributed by atoms with van der Waals surface area (Å²) < 4.78 is 2.24. The highest BCUT2D eigenvalue weighted by Crippen LogP contribution is 2.30. The molecule has 0 bridgehead atoms. The molecule has 35 heavy (non-hydrogen) atoms. The van der Waals surface area contributed by atoms with E-state index < -0.39 is 0 Å². The Balaban J connectivity index is 1.67. The van der Waals surface area contributed by atoms with E-state index in [1.165, 1.54) is 0 Å². The van der Waals surface area contributed by atoms with Crippen LogP contribution in [0.15, 0.2) is 126 Å². The third-order valence-corrected chi connectivity index (χ3v) is 6.09. The van der Waals surface area contributed by atoms with Crippen molar-refractivity contribution in [3.63, 3.8) is 0 Å². The minimum absolute atomic E-state index is 0.683. The summed E-state index contributed by atoms with van der Waals surface area (Å²) in [6.07, 6.45) is 0. The molecular weight excluding hydrogens is 452 g/mol. The maximum absolute atomic E-state index is 6.11. The third kappa shape index (κ3) is 4.27. The zero-order chi connectivity index (χ0) is 23.6. The summed E-state index contributed by atoms with van der Waals surface area (Å²) in [5.74, 6) is 0. The van der Waals surface area contributed by atoms with Crippen LogP contribution < -0.4 is 10.7 Å². The summed E-state index contributed by atoms with van der Waals surface area (Å²) >= 11 is 6.11. The average Bonchev–Trinajstić information content (AvgIpc) is 2.90. The van der Waals surface area contributed by atoms with Crippen molar-refractivity contribution in [2.24, 2.45) is 4.99 Å². The van der Waals surface area contributed by atoms with E-state index in [1.54, 1.807) is 0 Å². The summed E-state index contributed by atoms with van der Waals surface area (Å²) in [6.45, 7) is 0. The quantitative estimate of drug-likeness (QED) is 0.266. The highest BCUT2D eigenvalue weighted by Gasteiger charge is 2.16. The minimum atomic E-state index is 0.683. The number of aromatic nitrogens is 2. The summed E-state index contributed by atoms with van der Waals surface area (Å²) in [7, 11) is 0. The summed E-state index contributed by atoms with van der Waals surface area (Å²) in [5.41, 5.74) is 7.56. The molecule has 0 unspecified atom stereocenters. The summed E-state index contributed by atoms with van der Waals surface area (Å²) in [6, 6.07) is 40.4. The predicted octanol–water partition coefficient (Wildman–Crippen LogP) is 7.76. The van der Waals surface area contributed by atoms with Crippen LogP contribution in [-0.2, 0) is 0 Å². The molecule has 2 aliphatic rings. The first-order chi connectivity index (χ1) is 17.2. The number of nitrogens with one attached hydrogen (secondary N) is 1. The highest BCUT2D eigenvalue weighted by molar-refractivity contribution is 6.30. The van der Waals surface area contributed by atoms with Gasteiger partial charge in [0.25, 0.3) is 0 Å². The number of fused-ring (bicyclic) bond motifs is 2. The molecule has 0 fully saturated rings. The van der Waals surface area contributed by atoms with Gasteiger partial charge in [-0.2, -0.15) is 0 Å². The second-order valence-electron chi connectivity index (χ2n) is 8.21. The van der Waals surface area contributed by atoms with E-state index in [1.807, 2.05) is 91.0 Å². The second-order valence-corrected chi connectivity index (χ2v) is 8.65. The Bertz CT molecular complexity index is 1660. The van der Waals surface area contributed by atoms with Gasteiger partial charge in [0.05, 0.1) is 39.2 Å². The van der Waals surface area contributed by atoms with Gasteiger partial charge in [0, 0.05) is 16.4 Å². The number of halogens is 1. The Morgan fingerprint density at radius 2 is 1.40 bits per heavy atom. The Morgan fingerprint density at radius 3 is 2.17 bits per heavy atom. The van der Waals surface area contributed by atoms with Crippen molar-refractivity contribution >= 4 is 39.7 Å². The summed E-state index contributed by atoms with van der Waals surface area (Å²) in [5, 5.41) is 5.03. The van der Waals surface area contributed by atoms with Crippen LogP contribution in [0.25, 0.3) is 28.1 Å². The minimum Gasteiger partial charge on any atom is -0.354 e. The van der Waals surface area contributed by atoms with Gasteiger partial charge in [-0.3, -0.25) is 0 Å². The van der Waals surface area contributed by atoms with Crippen LogP contribution in [0.3, 0.4) is 0 Å². The van der Waals surface area contributed by atoms with Crippen LogP contribution in [0.1, 0.15) is 0 Å². The van der Waals surface area contributed by atoms with Crippen molar-refractivity contribution in [2.45, 2.75) is 0 Å². The van der Waals surface area contributed by atoms with E-state index in [-0.39, 0.29) is 0 Å². The molecular formula is C30H21ClN4. The predicted molar refractivity (Wildman–Crippen MR) is 144 cm³/mol. The SMILES string of the molecule is Clc1ccc(N=c2cc3n(-c4ccccc4)c4ccccc4nc-3cc2Nc2ccccc2)cc1. The van der Waals surface area contributed by atoms with Gasteiger partial charge in [-0.05, 0) is 72.8 Å². The summed E-state index contributed by atoms with van der Waals surface area (Å²) in [4.78, 5) is 9.99. The van der Waals surface area contributed by atoms with Gasteiger partial charge in [0.1, 0.15) is 0 Å². The molecule has 1 aliphatic carbocycles. The fraction of sp³-hybridized carbons (Fsp3) is 0. The lowest BCUT2D eigenvalue weighted by Crippen LogP contribution is -2.14. The lowest BCUT2D eigenvalue weighted by Gasteiger charge is -2.20. The molecule has 0 saturated heterocycles. The Kier molecular flexibility index (Phi) is 5.49. The number of rotatable bonds is 4. The van der Waals surface area contributed by atoms with Crippen molar-refractivity contribution in [2.75, 3.05) is 5.32 Å². The van der Waals surface area contributed by atoms with Gasteiger partial charge in [0.15, 0.2) is 0 Å². The molecule has 4 nitrogen and oxygen atoms in total. The van der Waals surface area contributed by atoms with Crippen molar-refractivity contribution in [1.82, 2.24) is 9.55 Å². The lowest BCUT2D eigenvalue weighted by atomic mass is 10.1. The molecule has 0 amide bonds. The second kappa shape index (κ2) is 9.09. The van der Waals surface area contributed by atoms with Gasteiger partial charge in [-0.15, -0.1) is 0 Å². The smallest absolute Gasteiger partial charge is 0.0900 e. The molecule has 0 radical (unpaired) electrons. The molecule has 4 aromatic rings. The van der Waals surface area contributed by atoms with Crippen molar-refractivity contribution < 1.29 is 0 Å². The van der Waals surface area contributed by atoms with Crippen molar-refractivity contribution in [3.8, 4) is 17.1 Å². The Morgan fingerprint density at radius 1 is 0.714 bits per heavy atom. The van der Waals surface area contributed by atoms with E-state index in [0.717, 1.165) is 50.5 Å². The number of para-hydroxylation sites is 4. The van der Waals surface area contributed by atoms with Crippen LogP contribution in [0.4, 0.5) is 17.1 Å². The lowest BCUT2D eigenvalue weighted by molar-refractivity contribution is 1.07. The van der Waals surface area contributed by atoms with Crippen LogP contribution >= 0.6 is 11.6 Å². The third-order valence-electron chi connectivity index (χ3n) is 5.84. The van der Waals surface area contributed by atoms with Crippen LogP contribution in [0.5, 0.6) is 0 Å². The molecule has 6 rings (SSSR count). The molecule has 0 spiro atoms. The topological polar surface area (TPSA) is 42.2 Å². The van der Waals surface area contributed by atoms with Gasteiger partial charge in [-0.25, -0.2) is 9.98 Å². The molecule has 168 valence electrons. The van der Waals surface area contributed by atoms with Gasteiger partial charge >= 0.3 is 0 Å². The standard InChI is InChI=1S/C30H21ClN4/c31-21-15-17-23(18-16-21)33-27-20-30-28(19-26(27)32-22-9-3-1-4-10-22)34-25-13-7-8-14-29(25)35(30)24-11-5-2-6-12-24/h1-20,32H. The van der Waals surface area contributed by atoms with E-state index in [2.05, 4.69) is 40.2 Å². The van der Waals surface area contributed by atoms with Gasteiger partial charge in [0.2, 0.25) is 0 Å². The fourth-order valence-electron chi connectivity index (χ4n) is 4.22. The monoisotopic (exact) mass is 472 g/mol. The Labute approximate surface area is 208 Å². The molecule has 0 atom stereocenters. The fourth-order valence-corrected chi connectivity index (χ4v) is 4.35. The van der Waals surface area contributed by atoms with Gasteiger partial charge in [-0.1, -0.05) is 60.1 Å². The first-order valence-corrected chi connectivity index (χ1v) is 11.8. The van der Waals surface area contributed by atoms with E-state index in [9.17, 15) is 0 Å². The Hall–Kier alpha value is -4.41. The van der Waals surface area contributed by atoms with Crippen LogP contribution in [0.2, 0.25) is 5.02 Å². The maximum Gasteiger partial charge on any atom is 0.0900 e. The molecule has 4 aromatic carbocycles. The average molecular weight is 473 g/mol. The van der Waals surface area contributed by atoms with Crippen molar-refractivity contribution in [3.05, 3.63) is 132 Å². The van der Waals surface area contributed by atoms with Gasteiger partial charge < -0.3 is 9.88 Å². The molecule has 1 heterocycles. The first kappa shape index (κ1) is 21.1.